The molecule has 1 aromatic carbocycles. The van der Waals surface area contributed by atoms with Gasteiger partial charge < -0.3 is 15.2 Å². The lowest BCUT2D eigenvalue weighted by Gasteiger charge is -2.33. The Labute approximate surface area is 178 Å². The Kier molecular flexibility index (Phi) is 5.13. The van der Waals surface area contributed by atoms with Gasteiger partial charge in [-0.3, -0.25) is 9.59 Å². The van der Waals surface area contributed by atoms with Crippen molar-refractivity contribution in [3.8, 4) is 0 Å². The van der Waals surface area contributed by atoms with Crippen molar-refractivity contribution in [3.63, 3.8) is 0 Å². The number of hydrogen-bond acceptors (Lipinski definition) is 5. The normalized spacial score (nSPS) is 16.9. The minimum Gasteiger partial charge on any atom is -0.355 e. The second-order valence-corrected chi connectivity index (χ2v) is 8.35. The van der Waals surface area contributed by atoms with Crippen LogP contribution in [0.3, 0.4) is 0 Å². The van der Waals surface area contributed by atoms with Gasteiger partial charge >= 0.3 is 0 Å². The number of benzene rings is 1. The van der Waals surface area contributed by atoms with Crippen LogP contribution in [-0.4, -0.2) is 40.2 Å². The molecule has 1 aliphatic carbocycles. The average molecular weight is 421 g/mol. The fraction of sp³-hybridized carbons (Fsp3) is 0.391. The standard InChI is InChI=1S/C23H24FN5O2/c24-15-5-6-20-17(12-15)18(13-22(30)26-20)23(31)25-16-7-9-29(10-8-16)21-11-14-3-1-2-4-19(14)27-28-21/h5-6,11-13,16H,1-4,7-10H2,(H,25,31)(H,26,30). The fourth-order valence-corrected chi connectivity index (χ4v) is 4.56. The molecule has 0 radical (unpaired) electrons. The topological polar surface area (TPSA) is 91.0 Å². The van der Waals surface area contributed by atoms with Gasteiger partial charge in [0, 0.05) is 36.1 Å². The molecule has 1 aliphatic heterocycles. The summed E-state index contributed by atoms with van der Waals surface area (Å²) in [5, 5.41) is 12.3. The number of carbonyl (C=O) groups is 1. The molecule has 7 nitrogen and oxygen atoms in total. The number of halogens is 1. The van der Waals surface area contributed by atoms with Crippen LogP contribution in [0.4, 0.5) is 10.2 Å². The largest absolute Gasteiger partial charge is 0.355 e. The van der Waals surface area contributed by atoms with E-state index in [1.54, 1.807) is 0 Å². The maximum atomic E-state index is 13.7. The van der Waals surface area contributed by atoms with Crippen LogP contribution in [0.25, 0.3) is 10.9 Å². The highest BCUT2D eigenvalue weighted by molar-refractivity contribution is 6.06. The van der Waals surface area contributed by atoms with Crippen molar-refractivity contribution in [2.45, 2.75) is 44.6 Å². The molecule has 1 fully saturated rings. The van der Waals surface area contributed by atoms with Crippen molar-refractivity contribution < 1.29 is 9.18 Å². The lowest BCUT2D eigenvalue weighted by molar-refractivity contribution is 0.0932. The zero-order valence-corrected chi connectivity index (χ0v) is 17.2. The summed E-state index contributed by atoms with van der Waals surface area (Å²) >= 11 is 0. The molecule has 3 aromatic rings. The number of nitrogens with one attached hydrogen (secondary N) is 2. The molecule has 0 spiro atoms. The summed E-state index contributed by atoms with van der Waals surface area (Å²) in [6.07, 6.45) is 5.99. The van der Waals surface area contributed by atoms with E-state index in [4.69, 9.17) is 0 Å². The van der Waals surface area contributed by atoms with Gasteiger partial charge in [-0.25, -0.2) is 4.39 Å². The summed E-state index contributed by atoms with van der Waals surface area (Å²) in [4.78, 5) is 29.7. The Morgan fingerprint density at radius 2 is 1.90 bits per heavy atom. The van der Waals surface area contributed by atoms with Gasteiger partial charge in [0.05, 0.1) is 11.3 Å². The van der Waals surface area contributed by atoms with Crippen LogP contribution in [-0.2, 0) is 12.8 Å². The van der Waals surface area contributed by atoms with Crippen molar-refractivity contribution in [1.29, 1.82) is 0 Å². The number of pyridine rings is 1. The molecule has 3 heterocycles. The molecule has 8 heteroatoms. The van der Waals surface area contributed by atoms with Crippen LogP contribution in [0.5, 0.6) is 0 Å². The Bertz CT molecular complexity index is 1200. The molecule has 0 saturated carbocycles. The van der Waals surface area contributed by atoms with E-state index < -0.39 is 5.82 Å². The van der Waals surface area contributed by atoms with Gasteiger partial charge in [-0.15, -0.1) is 5.10 Å². The van der Waals surface area contributed by atoms with Crippen LogP contribution >= 0.6 is 0 Å². The summed E-state index contributed by atoms with van der Waals surface area (Å²) < 4.78 is 13.7. The zero-order chi connectivity index (χ0) is 21.4. The van der Waals surface area contributed by atoms with Gasteiger partial charge in [-0.2, -0.15) is 5.10 Å². The number of fused-ring (bicyclic) bond motifs is 2. The third-order valence-corrected chi connectivity index (χ3v) is 6.26. The van der Waals surface area contributed by atoms with Crippen molar-refractivity contribution in [3.05, 3.63) is 63.3 Å². The molecule has 5 rings (SSSR count). The monoisotopic (exact) mass is 421 g/mol. The molecule has 2 aromatic heterocycles. The number of nitrogens with zero attached hydrogens (tertiary/aromatic N) is 3. The quantitative estimate of drug-likeness (QED) is 0.679. The minimum absolute atomic E-state index is 0.0165. The number of aromatic nitrogens is 3. The Morgan fingerprint density at radius 3 is 2.74 bits per heavy atom. The number of H-pyrrole nitrogens is 1. The van der Waals surface area contributed by atoms with Gasteiger partial charge in [0.1, 0.15) is 5.82 Å². The molecule has 1 amide bonds. The Morgan fingerprint density at radius 1 is 1.10 bits per heavy atom. The molecule has 0 unspecified atom stereocenters. The second-order valence-electron chi connectivity index (χ2n) is 8.35. The summed E-state index contributed by atoms with van der Waals surface area (Å²) in [6, 6.07) is 7.39. The van der Waals surface area contributed by atoms with Crippen LogP contribution in [0.15, 0.2) is 35.1 Å². The lowest BCUT2D eigenvalue weighted by atomic mass is 9.96. The molecule has 0 bridgehead atoms. The minimum atomic E-state index is -0.451. The number of piperidine rings is 1. The third-order valence-electron chi connectivity index (χ3n) is 6.26. The van der Waals surface area contributed by atoms with Gasteiger partial charge in [0.25, 0.3) is 5.91 Å². The fourth-order valence-electron chi connectivity index (χ4n) is 4.56. The summed E-state index contributed by atoms with van der Waals surface area (Å²) in [5.74, 6) is 0.100. The number of rotatable bonds is 3. The molecule has 0 atom stereocenters. The van der Waals surface area contributed by atoms with E-state index >= 15 is 0 Å². The lowest BCUT2D eigenvalue weighted by Crippen LogP contribution is -2.45. The van der Waals surface area contributed by atoms with E-state index in [1.165, 1.54) is 42.7 Å². The summed E-state index contributed by atoms with van der Waals surface area (Å²) in [6.45, 7) is 1.53. The van der Waals surface area contributed by atoms with Crippen molar-refractivity contribution in [2.75, 3.05) is 18.0 Å². The van der Waals surface area contributed by atoms with Crippen LogP contribution in [0, 0.1) is 5.82 Å². The average Bonchev–Trinajstić information content (AvgIpc) is 2.79. The molecule has 2 aliphatic rings. The van der Waals surface area contributed by atoms with E-state index in [1.807, 2.05) is 0 Å². The number of carbonyl (C=O) groups excluding carboxylic acids is 1. The van der Waals surface area contributed by atoms with Crippen LogP contribution in [0.2, 0.25) is 0 Å². The van der Waals surface area contributed by atoms with Gasteiger partial charge in [-0.05, 0) is 68.4 Å². The highest BCUT2D eigenvalue weighted by Gasteiger charge is 2.24. The molecule has 160 valence electrons. The maximum absolute atomic E-state index is 13.7. The maximum Gasteiger partial charge on any atom is 0.252 e. The molecule has 31 heavy (non-hydrogen) atoms. The van der Waals surface area contributed by atoms with Gasteiger partial charge in [0.15, 0.2) is 5.82 Å². The molecular weight excluding hydrogens is 397 g/mol. The predicted octanol–water partition coefficient (Wildman–Crippen LogP) is 2.73. The van der Waals surface area contributed by atoms with Crippen LogP contribution < -0.4 is 15.8 Å². The first kappa shape index (κ1) is 19.7. The summed E-state index contributed by atoms with van der Waals surface area (Å²) in [7, 11) is 0. The van der Waals surface area contributed by atoms with Crippen LogP contribution in [0.1, 0.15) is 47.3 Å². The predicted molar refractivity (Wildman–Crippen MR) is 116 cm³/mol. The van der Waals surface area contributed by atoms with E-state index in [2.05, 4.69) is 31.5 Å². The van der Waals surface area contributed by atoms with E-state index in [9.17, 15) is 14.0 Å². The first-order valence-electron chi connectivity index (χ1n) is 10.8. The number of hydrogen-bond donors (Lipinski definition) is 2. The Balaban J connectivity index is 1.27. The van der Waals surface area contributed by atoms with E-state index in [-0.39, 0.29) is 23.1 Å². The summed E-state index contributed by atoms with van der Waals surface area (Å²) in [5.41, 5.74) is 2.69. The van der Waals surface area contributed by atoms with E-state index in [0.717, 1.165) is 50.3 Å². The highest BCUT2D eigenvalue weighted by atomic mass is 19.1. The van der Waals surface area contributed by atoms with Crippen molar-refractivity contribution >= 4 is 22.6 Å². The number of anilines is 1. The number of amides is 1. The number of aryl methyl sites for hydroxylation is 2. The SMILES string of the molecule is O=C(NC1CCN(c2cc3c(nn2)CCCC3)CC1)c1cc(=O)[nH]c2ccc(F)cc12. The zero-order valence-electron chi connectivity index (χ0n) is 17.2. The third kappa shape index (κ3) is 4.02. The smallest absolute Gasteiger partial charge is 0.252 e. The van der Waals surface area contributed by atoms with Gasteiger partial charge in [-0.1, -0.05) is 0 Å². The molecule has 2 N–H and O–H groups in total. The first-order valence-corrected chi connectivity index (χ1v) is 10.8. The highest BCUT2D eigenvalue weighted by Crippen LogP contribution is 2.24. The van der Waals surface area contributed by atoms with E-state index in [0.29, 0.717) is 10.9 Å². The Hall–Kier alpha value is -3.29. The van der Waals surface area contributed by atoms with Crippen molar-refractivity contribution in [1.82, 2.24) is 20.5 Å². The van der Waals surface area contributed by atoms with Gasteiger partial charge in [0.2, 0.25) is 5.56 Å². The number of aromatic amines is 1. The first-order chi connectivity index (χ1) is 15.1. The second kappa shape index (κ2) is 8.09. The van der Waals surface area contributed by atoms with Crippen molar-refractivity contribution in [2.24, 2.45) is 0 Å². The molecule has 1 saturated heterocycles. The molecular formula is C23H24FN5O2.